The van der Waals surface area contributed by atoms with Gasteiger partial charge >= 0.3 is 0 Å². The normalized spacial score (nSPS) is 12.5. The van der Waals surface area contributed by atoms with E-state index in [-0.39, 0.29) is 11.6 Å². The highest BCUT2D eigenvalue weighted by Crippen LogP contribution is 2.26. The lowest BCUT2D eigenvalue weighted by Crippen LogP contribution is -2.10. The molecule has 1 rings (SSSR count). The lowest BCUT2D eigenvalue weighted by Gasteiger charge is -2.08. The lowest BCUT2D eigenvalue weighted by molar-refractivity contribution is -0.385. The lowest BCUT2D eigenvalue weighted by atomic mass is 9.99. The minimum atomic E-state index is -0.607. The molecule has 0 unspecified atom stereocenters. The van der Waals surface area contributed by atoms with Gasteiger partial charge in [0, 0.05) is 11.5 Å². The van der Waals surface area contributed by atoms with Crippen LogP contribution in [-0.4, -0.2) is 11.5 Å². The van der Waals surface area contributed by atoms with Gasteiger partial charge in [-0.1, -0.05) is 6.92 Å². The summed E-state index contributed by atoms with van der Waals surface area (Å²) >= 11 is 0. The van der Waals surface area contributed by atoms with Gasteiger partial charge in [-0.25, -0.2) is 4.39 Å². The molecule has 0 saturated heterocycles. The van der Waals surface area contributed by atoms with Crippen molar-refractivity contribution in [2.75, 3.05) is 6.54 Å². The molecule has 1 atom stereocenters. The molecule has 14 heavy (non-hydrogen) atoms. The van der Waals surface area contributed by atoms with Gasteiger partial charge in [-0.05, 0) is 18.7 Å². The van der Waals surface area contributed by atoms with Gasteiger partial charge in [0.1, 0.15) is 5.82 Å². The van der Waals surface area contributed by atoms with E-state index in [1.54, 1.807) is 6.92 Å². The van der Waals surface area contributed by atoms with Crippen molar-refractivity contribution >= 4 is 5.69 Å². The summed E-state index contributed by atoms with van der Waals surface area (Å²) in [5.74, 6) is -0.749. The molecule has 4 nitrogen and oxygen atoms in total. The summed E-state index contributed by atoms with van der Waals surface area (Å²) in [5.41, 5.74) is 5.66. The smallest absolute Gasteiger partial charge is 0.275 e. The maximum absolute atomic E-state index is 12.7. The van der Waals surface area contributed by atoms with Crippen molar-refractivity contribution in [2.45, 2.75) is 12.8 Å². The van der Waals surface area contributed by atoms with Gasteiger partial charge in [0.25, 0.3) is 5.69 Å². The van der Waals surface area contributed by atoms with E-state index in [1.807, 2.05) is 0 Å². The first kappa shape index (κ1) is 10.6. The number of nitro benzene ring substituents is 1. The molecule has 0 aliphatic rings. The van der Waals surface area contributed by atoms with Crippen molar-refractivity contribution in [2.24, 2.45) is 5.73 Å². The number of nitro groups is 1. The molecule has 76 valence electrons. The van der Waals surface area contributed by atoms with E-state index in [0.717, 1.165) is 6.07 Å². The minimum absolute atomic E-state index is 0.143. The van der Waals surface area contributed by atoms with E-state index < -0.39 is 10.7 Å². The summed E-state index contributed by atoms with van der Waals surface area (Å²) in [6, 6.07) is 3.53. The molecule has 0 radical (unpaired) electrons. The summed E-state index contributed by atoms with van der Waals surface area (Å²) < 4.78 is 12.7. The Hall–Kier alpha value is -1.49. The van der Waals surface area contributed by atoms with Crippen LogP contribution in [0.2, 0.25) is 0 Å². The van der Waals surface area contributed by atoms with Crippen molar-refractivity contribution in [3.05, 3.63) is 39.7 Å². The van der Waals surface area contributed by atoms with Gasteiger partial charge in [0.05, 0.1) is 11.0 Å². The third kappa shape index (κ3) is 2.05. The molecule has 0 spiro atoms. The first-order valence-corrected chi connectivity index (χ1v) is 4.20. The second-order valence-corrected chi connectivity index (χ2v) is 3.10. The zero-order chi connectivity index (χ0) is 10.7. The Morgan fingerprint density at radius 3 is 2.79 bits per heavy atom. The fraction of sp³-hybridized carbons (Fsp3) is 0.333. The Balaban J connectivity index is 3.21. The van der Waals surface area contributed by atoms with Gasteiger partial charge in [0.15, 0.2) is 0 Å². The molecule has 0 heterocycles. The van der Waals surface area contributed by atoms with E-state index in [2.05, 4.69) is 0 Å². The second-order valence-electron chi connectivity index (χ2n) is 3.10. The zero-order valence-electron chi connectivity index (χ0n) is 7.74. The molecule has 0 aliphatic heterocycles. The highest BCUT2D eigenvalue weighted by Gasteiger charge is 2.18. The fourth-order valence-corrected chi connectivity index (χ4v) is 1.22. The minimum Gasteiger partial charge on any atom is -0.330 e. The van der Waals surface area contributed by atoms with Crippen LogP contribution < -0.4 is 5.73 Å². The molecule has 1 aromatic carbocycles. The van der Waals surface area contributed by atoms with Crippen LogP contribution >= 0.6 is 0 Å². The van der Waals surface area contributed by atoms with Crippen LogP contribution in [0.5, 0.6) is 0 Å². The summed E-state index contributed by atoms with van der Waals surface area (Å²) in [4.78, 5) is 10.00. The van der Waals surface area contributed by atoms with Crippen LogP contribution in [0.25, 0.3) is 0 Å². The molecule has 0 aliphatic carbocycles. The quantitative estimate of drug-likeness (QED) is 0.594. The summed E-state index contributed by atoms with van der Waals surface area (Å²) in [6.07, 6.45) is 0. The van der Waals surface area contributed by atoms with E-state index >= 15 is 0 Å². The number of benzene rings is 1. The summed E-state index contributed by atoms with van der Waals surface area (Å²) in [6.45, 7) is 2.06. The van der Waals surface area contributed by atoms with Crippen LogP contribution in [0, 0.1) is 15.9 Å². The van der Waals surface area contributed by atoms with Crippen molar-refractivity contribution in [1.29, 1.82) is 0 Å². The number of nitrogens with two attached hydrogens (primary N) is 1. The largest absolute Gasteiger partial charge is 0.330 e. The molecule has 0 aromatic heterocycles. The van der Waals surface area contributed by atoms with Crippen LogP contribution in [0.15, 0.2) is 18.2 Å². The predicted octanol–water partition coefficient (Wildman–Crippen LogP) is 1.80. The Labute approximate surface area is 80.7 Å². The molecule has 1 aromatic rings. The Bertz CT molecular complexity index is 355. The van der Waals surface area contributed by atoms with Crippen molar-refractivity contribution in [3.8, 4) is 0 Å². The van der Waals surface area contributed by atoms with Gasteiger partial charge in [-0.3, -0.25) is 10.1 Å². The monoisotopic (exact) mass is 198 g/mol. The molecule has 0 fully saturated rings. The molecule has 0 saturated carbocycles. The Kier molecular flexibility index (Phi) is 3.14. The van der Waals surface area contributed by atoms with E-state index in [1.165, 1.54) is 12.1 Å². The number of rotatable bonds is 3. The van der Waals surface area contributed by atoms with E-state index in [4.69, 9.17) is 5.73 Å². The highest BCUT2D eigenvalue weighted by atomic mass is 19.1. The standard InChI is InChI=1S/C9H11FN2O2/c1-6(5-11)8-3-2-7(10)4-9(8)12(13)14/h2-4,6H,5,11H2,1H3/t6-/m1/s1. The first-order valence-electron chi connectivity index (χ1n) is 4.20. The van der Waals surface area contributed by atoms with Gasteiger partial charge in [0.2, 0.25) is 0 Å². The van der Waals surface area contributed by atoms with Crippen molar-refractivity contribution in [3.63, 3.8) is 0 Å². The van der Waals surface area contributed by atoms with Gasteiger partial charge in [-0.15, -0.1) is 0 Å². The molecular formula is C9H11FN2O2. The maximum atomic E-state index is 12.7. The fourth-order valence-electron chi connectivity index (χ4n) is 1.22. The number of halogens is 1. The summed E-state index contributed by atoms with van der Waals surface area (Å²) in [7, 11) is 0. The van der Waals surface area contributed by atoms with Crippen LogP contribution in [-0.2, 0) is 0 Å². The van der Waals surface area contributed by atoms with Gasteiger partial charge < -0.3 is 5.73 Å². The van der Waals surface area contributed by atoms with Crippen LogP contribution in [0.1, 0.15) is 18.4 Å². The summed E-state index contributed by atoms with van der Waals surface area (Å²) in [5, 5.41) is 10.6. The van der Waals surface area contributed by atoms with Gasteiger partial charge in [-0.2, -0.15) is 0 Å². The molecular weight excluding hydrogens is 187 g/mol. The molecule has 2 N–H and O–H groups in total. The third-order valence-electron chi connectivity index (χ3n) is 2.07. The topological polar surface area (TPSA) is 69.2 Å². The highest BCUT2D eigenvalue weighted by molar-refractivity contribution is 5.42. The van der Waals surface area contributed by atoms with Crippen molar-refractivity contribution < 1.29 is 9.31 Å². The average molecular weight is 198 g/mol. The molecule has 5 heteroatoms. The second kappa shape index (κ2) is 4.15. The first-order chi connectivity index (χ1) is 6.56. The average Bonchev–Trinajstić information content (AvgIpc) is 2.16. The Morgan fingerprint density at radius 1 is 1.64 bits per heavy atom. The van der Waals surface area contributed by atoms with Crippen LogP contribution in [0.4, 0.5) is 10.1 Å². The molecule has 0 bridgehead atoms. The predicted molar refractivity (Wildman–Crippen MR) is 50.5 cm³/mol. The van der Waals surface area contributed by atoms with E-state index in [9.17, 15) is 14.5 Å². The number of nitrogens with zero attached hydrogens (tertiary/aromatic N) is 1. The molecule has 0 amide bonds. The SMILES string of the molecule is C[C@H](CN)c1ccc(F)cc1[N+](=O)[O-]. The third-order valence-corrected chi connectivity index (χ3v) is 2.07. The van der Waals surface area contributed by atoms with E-state index in [0.29, 0.717) is 12.1 Å². The van der Waals surface area contributed by atoms with Crippen LogP contribution in [0.3, 0.4) is 0 Å². The number of hydrogen-bond acceptors (Lipinski definition) is 3. The Morgan fingerprint density at radius 2 is 2.29 bits per heavy atom. The number of hydrogen-bond donors (Lipinski definition) is 1. The maximum Gasteiger partial charge on any atom is 0.275 e. The zero-order valence-corrected chi connectivity index (χ0v) is 7.74. The van der Waals surface area contributed by atoms with Crippen molar-refractivity contribution in [1.82, 2.24) is 0 Å².